The van der Waals surface area contributed by atoms with Crippen LogP contribution in [-0.2, 0) is 6.54 Å². The van der Waals surface area contributed by atoms with Gasteiger partial charge in [0, 0.05) is 44.5 Å². The quantitative estimate of drug-likeness (QED) is 0.865. The normalized spacial score (nSPS) is 19.4. The summed E-state index contributed by atoms with van der Waals surface area (Å²) in [7, 11) is 0. The van der Waals surface area contributed by atoms with E-state index in [9.17, 15) is 4.79 Å². The van der Waals surface area contributed by atoms with Gasteiger partial charge in [-0.05, 0) is 50.8 Å². The summed E-state index contributed by atoms with van der Waals surface area (Å²) in [5, 5.41) is 0.739. The summed E-state index contributed by atoms with van der Waals surface area (Å²) in [5.74, 6) is 0.679. The van der Waals surface area contributed by atoms with E-state index in [-0.39, 0.29) is 5.56 Å². The molecule has 2 aromatic rings. The number of rotatable bonds is 4. The van der Waals surface area contributed by atoms with Gasteiger partial charge in [-0.1, -0.05) is 0 Å². The van der Waals surface area contributed by atoms with Crippen LogP contribution in [0.2, 0.25) is 0 Å². The topological polar surface area (TPSA) is 41.4 Å². The molecule has 4 rings (SSSR count). The lowest BCUT2D eigenvalue weighted by atomic mass is 10.1. The van der Waals surface area contributed by atoms with Crippen molar-refractivity contribution in [3.05, 3.63) is 34.9 Å². The summed E-state index contributed by atoms with van der Waals surface area (Å²) < 4.78 is 1.78. The molecule has 1 saturated heterocycles. The molecule has 1 saturated carbocycles. The van der Waals surface area contributed by atoms with E-state index in [0.29, 0.717) is 12.0 Å². The summed E-state index contributed by atoms with van der Waals surface area (Å²) in [6.45, 7) is 9.56. The Morgan fingerprint density at radius 3 is 2.58 bits per heavy atom. The number of piperazine rings is 1. The van der Waals surface area contributed by atoms with Gasteiger partial charge in [-0.3, -0.25) is 14.3 Å². The maximum Gasteiger partial charge on any atom is 0.261 e. The van der Waals surface area contributed by atoms with Crippen LogP contribution >= 0.6 is 0 Å². The zero-order valence-corrected chi connectivity index (χ0v) is 14.6. The standard InChI is InChI=1S/C19H26N4O/c1-14(2)21-7-9-22(10-8-21)16-5-6-17-18(11-16)20-13-23(19(17)24)12-15-3-4-15/h5-6,11,13-15H,3-4,7-10,12H2,1-2H3. The molecule has 0 N–H and O–H groups in total. The third-order valence-electron chi connectivity index (χ3n) is 5.37. The monoisotopic (exact) mass is 326 g/mol. The van der Waals surface area contributed by atoms with Crippen molar-refractivity contribution in [1.29, 1.82) is 0 Å². The highest BCUT2D eigenvalue weighted by atomic mass is 16.1. The average Bonchev–Trinajstić information content (AvgIpc) is 3.41. The molecule has 2 heterocycles. The smallest absolute Gasteiger partial charge is 0.261 e. The second-order valence-corrected chi connectivity index (χ2v) is 7.46. The van der Waals surface area contributed by atoms with Gasteiger partial charge in [-0.25, -0.2) is 4.98 Å². The maximum absolute atomic E-state index is 12.6. The molecular weight excluding hydrogens is 300 g/mol. The Balaban J connectivity index is 1.56. The van der Waals surface area contributed by atoms with E-state index in [0.717, 1.165) is 43.6 Å². The van der Waals surface area contributed by atoms with Crippen LogP contribution in [0.1, 0.15) is 26.7 Å². The lowest BCUT2D eigenvalue weighted by molar-refractivity contribution is 0.209. The fraction of sp³-hybridized carbons (Fsp3) is 0.579. The van der Waals surface area contributed by atoms with E-state index in [4.69, 9.17) is 0 Å². The van der Waals surface area contributed by atoms with Gasteiger partial charge in [0.25, 0.3) is 5.56 Å². The molecule has 2 fully saturated rings. The van der Waals surface area contributed by atoms with Gasteiger partial charge in [0.2, 0.25) is 0 Å². The molecule has 24 heavy (non-hydrogen) atoms. The molecule has 1 aliphatic carbocycles. The molecule has 0 unspecified atom stereocenters. The molecule has 0 spiro atoms. The molecule has 5 heteroatoms. The molecule has 0 bridgehead atoms. The fourth-order valence-electron chi connectivity index (χ4n) is 3.55. The molecule has 0 amide bonds. The molecule has 2 aliphatic rings. The third kappa shape index (κ3) is 3.05. The fourth-order valence-corrected chi connectivity index (χ4v) is 3.55. The van der Waals surface area contributed by atoms with Gasteiger partial charge in [0.05, 0.1) is 17.2 Å². The number of anilines is 1. The summed E-state index contributed by atoms with van der Waals surface area (Å²) in [4.78, 5) is 22.1. The Hall–Kier alpha value is -1.88. The van der Waals surface area contributed by atoms with Crippen molar-refractivity contribution in [2.45, 2.75) is 39.3 Å². The van der Waals surface area contributed by atoms with Gasteiger partial charge < -0.3 is 4.90 Å². The molecule has 0 radical (unpaired) electrons. The van der Waals surface area contributed by atoms with Crippen molar-refractivity contribution in [3.63, 3.8) is 0 Å². The van der Waals surface area contributed by atoms with Crippen LogP contribution in [0.15, 0.2) is 29.3 Å². The Bertz CT molecular complexity index is 786. The zero-order valence-electron chi connectivity index (χ0n) is 14.6. The van der Waals surface area contributed by atoms with E-state index in [2.05, 4.69) is 40.8 Å². The first-order valence-corrected chi connectivity index (χ1v) is 9.10. The van der Waals surface area contributed by atoms with Gasteiger partial charge in [-0.15, -0.1) is 0 Å². The molecule has 1 aliphatic heterocycles. The van der Waals surface area contributed by atoms with Crippen LogP contribution in [0, 0.1) is 5.92 Å². The van der Waals surface area contributed by atoms with Crippen molar-refractivity contribution in [3.8, 4) is 0 Å². The summed E-state index contributed by atoms with van der Waals surface area (Å²) in [5.41, 5.74) is 2.09. The van der Waals surface area contributed by atoms with E-state index >= 15 is 0 Å². The van der Waals surface area contributed by atoms with E-state index in [1.807, 2.05) is 6.07 Å². The molecule has 0 atom stereocenters. The van der Waals surface area contributed by atoms with Gasteiger partial charge in [0.1, 0.15) is 0 Å². The van der Waals surface area contributed by atoms with Gasteiger partial charge in [0.15, 0.2) is 0 Å². The van der Waals surface area contributed by atoms with Crippen molar-refractivity contribution in [2.24, 2.45) is 5.92 Å². The first-order valence-electron chi connectivity index (χ1n) is 9.10. The number of benzene rings is 1. The Morgan fingerprint density at radius 2 is 1.92 bits per heavy atom. The second kappa shape index (κ2) is 6.20. The van der Waals surface area contributed by atoms with Crippen LogP contribution in [-0.4, -0.2) is 46.7 Å². The average molecular weight is 326 g/mol. The number of hydrogen-bond acceptors (Lipinski definition) is 4. The zero-order chi connectivity index (χ0) is 16.7. The van der Waals surface area contributed by atoms with Crippen LogP contribution in [0.5, 0.6) is 0 Å². The molecular formula is C19H26N4O. The minimum atomic E-state index is 0.100. The van der Waals surface area contributed by atoms with Crippen molar-refractivity contribution >= 4 is 16.6 Å². The number of hydrogen-bond donors (Lipinski definition) is 0. The Kier molecular flexibility index (Phi) is 4.04. The lowest BCUT2D eigenvalue weighted by Gasteiger charge is -2.38. The maximum atomic E-state index is 12.6. The largest absolute Gasteiger partial charge is 0.369 e. The van der Waals surface area contributed by atoms with Gasteiger partial charge >= 0.3 is 0 Å². The predicted octanol–water partition coefficient (Wildman–Crippen LogP) is 2.34. The number of aromatic nitrogens is 2. The minimum absolute atomic E-state index is 0.100. The molecule has 128 valence electrons. The van der Waals surface area contributed by atoms with Crippen LogP contribution in [0.3, 0.4) is 0 Å². The number of nitrogens with zero attached hydrogens (tertiary/aromatic N) is 4. The summed E-state index contributed by atoms with van der Waals surface area (Å²) >= 11 is 0. The van der Waals surface area contributed by atoms with Gasteiger partial charge in [-0.2, -0.15) is 0 Å². The third-order valence-corrected chi connectivity index (χ3v) is 5.37. The highest BCUT2D eigenvalue weighted by molar-refractivity contribution is 5.81. The number of fused-ring (bicyclic) bond motifs is 1. The first-order chi connectivity index (χ1) is 11.6. The van der Waals surface area contributed by atoms with Crippen molar-refractivity contribution in [1.82, 2.24) is 14.5 Å². The second-order valence-electron chi connectivity index (χ2n) is 7.46. The van der Waals surface area contributed by atoms with Crippen molar-refractivity contribution < 1.29 is 0 Å². The summed E-state index contributed by atoms with van der Waals surface area (Å²) in [6.07, 6.45) is 4.21. The molecule has 5 nitrogen and oxygen atoms in total. The minimum Gasteiger partial charge on any atom is -0.369 e. The van der Waals surface area contributed by atoms with Crippen LogP contribution in [0.25, 0.3) is 10.9 Å². The van der Waals surface area contributed by atoms with Crippen LogP contribution < -0.4 is 10.5 Å². The van der Waals surface area contributed by atoms with E-state index in [1.165, 1.54) is 18.5 Å². The Labute approximate surface area is 142 Å². The van der Waals surface area contributed by atoms with E-state index < -0.39 is 0 Å². The predicted molar refractivity (Wildman–Crippen MR) is 97.6 cm³/mol. The molecule has 1 aromatic heterocycles. The highest BCUT2D eigenvalue weighted by Crippen LogP contribution is 2.30. The Morgan fingerprint density at radius 1 is 1.17 bits per heavy atom. The summed E-state index contributed by atoms with van der Waals surface area (Å²) in [6, 6.07) is 6.72. The highest BCUT2D eigenvalue weighted by Gasteiger charge is 2.23. The lowest BCUT2D eigenvalue weighted by Crippen LogP contribution is -2.48. The molecule has 1 aromatic carbocycles. The van der Waals surface area contributed by atoms with Crippen LogP contribution in [0.4, 0.5) is 5.69 Å². The van der Waals surface area contributed by atoms with E-state index in [1.54, 1.807) is 10.9 Å². The SMILES string of the molecule is CC(C)N1CCN(c2ccc3c(=O)n(CC4CC4)cnc3c2)CC1. The first kappa shape index (κ1) is 15.6. The van der Waals surface area contributed by atoms with Crippen molar-refractivity contribution in [2.75, 3.05) is 31.1 Å².